The van der Waals surface area contributed by atoms with E-state index in [0.717, 1.165) is 17.1 Å². The van der Waals surface area contributed by atoms with Crippen LogP contribution in [0.15, 0.2) is 224 Å². The predicted molar refractivity (Wildman–Crippen MR) is 236 cm³/mol. The first kappa shape index (κ1) is 32.2. The Bertz CT molecular complexity index is 3030. The van der Waals surface area contributed by atoms with Crippen LogP contribution in [0.5, 0.6) is 0 Å². The van der Waals surface area contributed by atoms with Crippen molar-refractivity contribution < 1.29 is 0 Å². The van der Waals surface area contributed by atoms with Crippen LogP contribution in [0.2, 0.25) is 0 Å². The van der Waals surface area contributed by atoms with E-state index in [2.05, 4.69) is 229 Å². The maximum Gasteiger partial charge on any atom is 0.0714 e. The summed E-state index contributed by atoms with van der Waals surface area (Å²) >= 11 is 0. The topological polar surface area (TPSA) is 3.24 Å². The minimum Gasteiger partial charge on any atom is -0.310 e. The molecule has 0 atom stereocenters. The van der Waals surface area contributed by atoms with Crippen LogP contribution >= 0.6 is 0 Å². The fraction of sp³-hybridized carbons (Fsp3) is 0.0182. The van der Waals surface area contributed by atoms with E-state index >= 15 is 0 Å². The van der Waals surface area contributed by atoms with Gasteiger partial charge in [-0.1, -0.05) is 194 Å². The zero-order valence-corrected chi connectivity index (χ0v) is 30.8. The third-order valence-electron chi connectivity index (χ3n) is 11.9. The van der Waals surface area contributed by atoms with Crippen LogP contribution in [-0.2, 0) is 5.41 Å². The summed E-state index contributed by atoms with van der Waals surface area (Å²) < 4.78 is 0. The summed E-state index contributed by atoms with van der Waals surface area (Å²) in [5.41, 5.74) is 13.0. The van der Waals surface area contributed by atoms with Gasteiger partial charge >= 0.3 is 0 Å². The minimum atomic E-state index is -0.500. The predicted octanol–water partition coefficient (Wildman–Crippen LogP) is 14.6. The molecule has 0 saturated carbocycles. The van der Waals surface area contributed by atoms with Gasteiger partial charge in [0, 0.05) is 16.8 Å². The Labute approximate surface area is 327 Å². The fourth-order valence-electron chi connectivity index (χ4n) is 9.49. The molecular weight excluding hydrogens is 675 g/mol. The maximum atomic E-state index is 2.48. The summed E-state index contributed by atoms with van der Waals surface area (Å²) in [6.45, 7) is 0. The number of hydrogen-bond acceptors (Lipinski definition) is 1. The van der Waals surface area contributed by atoms with Gasteiger partial charge in [0.25, 0.3) is 0 Å². The molecular formula is C55H37N. The molecule has 0 aliphatic heterocycles. The average molecular weight is 712 g/mol. The summed E-state index contributed by atoms with van der Waals surface area (Å²) in [6, 6.07) is 82.7. The average Bonchev–Trinajstić information content (AvgIpc) is 3.57. The van der Waals surface area contributed by atoms with Crippen molar-refractivity contribution in [3.8, 4) is 22.3 Å². The van der Waals surface area contributed by atoms with E-state index in [4.69, 9.17) is 0 Å². The SMILES string of the molecule is c1ccc(C2(c3ccccc3)c3ccccc3-c3ccc(N(c4ccc(-c5cccc6ccccc56)cc4)c4cc5ccccc5c5ccccc45)cc32)cc1. The van der Waals surface area contributed by atoms with E-state index in [-0.39, 0.29) is 0 Å². The van der Waals surface area contributed by atoms with Crippen molar-refractivity contribution in [3.63, 3.8) is 0 Å². The van der Waals surface area contributed by atoms with Crippen molar-refractivity contribution in [1.29, 1.82) is 0 Å². The van der Waals surface area contributed by atoms with Crippen LogP contribution in [0.1, 0.15) is 22.3 Å². The zero-order valence-electron chi connectivity index (χ0n) is 30.8. The van der Waals surface area contributed by atoms with Gasteiger partial charge in [0.1, 0.15) is 0 Å². The quantitative estimate of drug-likeness (QED) is 0.155. The van der Waals surface area contributed by atoms with Gasteiger partial charge in [-0.2, -0.15) is 0 Å². The molecule has 10 aromatic rings. The number of rotatable bonds is 6. The van der Waals surface area contributed by atoms with Crippen molar-refractivity contribution in [3.05, 3.63) is 247 Å². The lowest BCUT2D eigenvalue weighted by Crippen LogP contribution is -2.28. The maximum absolute atomic E-state index is 2.48. The van der Waals surface area contributed by atoms with Crippen molar-refractivity contribution in [2.24, 2.45) is 0 Å². The summed E-state index contributed by atoms with van der Waals surface area (Å²) in [5.74, 6) is 0. The number of fused-ring (bicyclic) bond motifs is 7. The van der Waals surface area contributed by atoms with Crippen molar-refractivity contribution in [2.45, 2.75) is 5.41 Å². The highest BCUT2D eigenvalue weighted by molar-refractivity contribution is 6.14. The Hall–Kier alpha value is -7.22. The van der Waals surface area contributed by atoms with Crippen LogP contribution < -0.4 is 4.90 Å². The van der Waals surface area contributed by atoms with Crippen LogP contribution in [0, 0.1) is 0 Å². The first-order valence-corrected chi connectivity index (χ1v) is 19.4. The van der Waals surface area contributed by atoms with E-state index in [1.54, 1.807) is 0 Å². The molecule has 56 heavy (non-hydrogen) atoms. The summed E-state index contributed by atoms with van der Waals surface area (Å²) in [7, 11) is 0. The molecule has 0 saturated heterocycles. The van der Waals surface area contributed by atoms with Crippen molar-refractivity contribution in [1.82, 2.24) is 0 Å². The number of benzene rings is 10. The molecule has 0 unspecified atom stereocenters. The second-order valence-corrected chi connectivity index (χ2v) is 14.8. The standard InChI is InChI=1S/C55H37N/c1-3-19-41(20-4-1)55(42-21-5-2-6-22-42)52-29-14-13-26-49(52)50-35-34-44(37-53(50)55)56(54-36-40-17-8-10-24-47(40)48-25-11-12-27-51(48)54)43-32-30-39(31-33-43)46-28-15-18-38-16-7-9-23-45(38)46/h1-37H. The second kappa shape index (κ2) is 13.0. The Balaban J connectivity index is 1.19. The molecule has 0 amide bonds. The Kier molecular flexibility index (Phi) is 7.47. The highest BCUT2D eigenvalue weighted by atomic mass is 15.1. The van der Waals surface area contributed by atoms with Crippen molar-refractivity contribution >= 4 is 49.4 Å². The third-order valence-corrected chi connectivity index (χ3v) is 11.9. The lowest BCUT2D eigenvalue weighted by atomic mass is 9.67. The molecule has 0 heterocycles. The number of hydrogen-bond donors (Lipinski definition) is 0. The van der Waals surface area contributed by atoms with Crippen LogP contribution in [0.3, 0.4) is 0 Å². The van der Waals surface area contributed by atoms with Gasteiger partial charge in [0.2, 0.25) is 0 Å². The van der Waals surface area contributed by atoms with Crippen LogP contribution in [0.25, 0.3) is 54.6 Å². The molecule has 11 rings (SSSR count). The van der Waals surface area contributed by atoms with E-state index in [1.807, 2.05) is 0 Å². The molecule has 0 N–H and O–H groups in total. The second-order valence-electron chi connectivity index (χ2n) is 14.8. The fourth-order valence-corrected chi connectivity index (χ4v) is 9.49. The smallest absolute Gasteiger partial charge is 0.0714 e. The third kappa shape index (κ3) is 4.88. The normalized spacial score (nSPS) is 12.8. The molecule has 0 radical (unpaired) electrons. The van der Waals surface area contributed by atoms with E-state index in [9.17, 15) is 0 Å². The molecule has 262 valence electrons. The van der Waals surface area contributed by atoms with Gasteiger partial charge in [-0.05, 0) is 102 Å². The molecule has 1 heteroatoms. The van der Waals surface area contributed by atoms with Gasteiger partial charge in [-0.15, -0.1) is 0 Å². The highest BCUT2D eigenvalue weighted by Gasteiger charge is 2.46. The lowest BCUT2D eigenvalue weighted by molar-refractivity contribution is 0.768. The van der Waals surface area contributed by atoms with Gasteiger partial charge in [-0.25, -0.2) is 0 Å². The molecule has 1 aliphatic rings. The molecule has 0 fully saturated rings. The van der Waals surface area contributed by atoms with Crippen LogP contribution in [-0.4, -0.2) is 0 Å². The van der Waals surface area contributed by atoms with Gasteiger partial charge < -0.3 is 4.90 Å². The minimum absolute atomic E-state index is 0.500. The molecule has 1 nitrogen and oxygen atoms in total. The first-order valence-electron chi connectivity index (χ1n) is 19.4. The Morgan fingerprint density at radius 2 is 0.839 bits per heavy atom. The summed E-state index contributed by atoms with van der Waals surface area (Å²) in [5, 5.41) is 7.44. The molecule has 0 spiro atoms. The van der Waals surface area contributed by atoms with Gasteiger partial charge in [0.15, 0.2) is 0 Å². The van der Waals surface area contributed by atoms with Gasteiger partial charge in [-0.3, -0.25) is 0 Å². The monoisotopic (exact) mass is 711 g/mol. The van der Waals surface area contributed by atoms with Crippen molar-refractivity contribution in [2.75, 3.05) is 4.90 Å². The molecule has 1 aliphatic carbocycles. The van der Waals surface area contributed by atoms with E-state index in [1.165, 1.54) is 76.8 Å². The molecule has 10 aromatic carbocycles. The first-order chi connectivity index (χ1) is 27.8. The summed E-state index contributed by atoms with van der Waals surface area (Å²) in [6.07, 6.45) is 0. The lowest BCUT2D eigenvalue weighted by Gasteiger charge is -2.35. The van der Waals surface area contributed by atoms with Crippen LogP contribution in [0.4, 0.5) is 17.1 Å². The van der Waals surface area contributed by atoms with E-state index in [0.29, 0.717) is 0 Å². The highest BCUT2D eigenvalue weighted by Crippen LogP contribution is 2.57. The number of nitrogens with zero attached hydrogens (tertiary/aromatic N) is 1. The molecule has 0 bridgehead atoms. The summed E-state index contributed by atoms with van der Waals surface area (Å²) in [4.78, 5) is 2.48. The zero-order chi connectivity index (χ0) is 37.1. The Morgan fingerprint density at radius 3 is 1.59 bits per heavy atom. The molecule has 0 aromatic heterocycles. The largest absolute Gasteiger partial charge is 0.310 e. The Morgan fingerprint density at radius 1 is 0.304 bits per heavy atom. The van der Waals surface area contributed by atoms with Gasteiger partial charge in [0.05, 0.1) is 11.1 Å². The number of anilines is 3. The van der Waals surface area contributed by atoms with E-state index < -0.39 is 5.41 Å².